The smallest absolute Gasteiger partial charge is 0.343 e. The molecule has 0 atom stereocenters. The second-order valence-corrected chi connectivity index (χ2v) is 5.27. The maximum Gasteiger partial charge on any atom is 0.343 e. The van der Waals surface area contributed by atoms with Gasteiger partial charge in [-0.05, 0) is 24.3 Å². The lowest BCUT2D eigenvalue weighted by molar-refractivity contribution is 0.230. The maximum absolute atomic E-state index is 10.8. The van der Waals surface area contributed by atoms with Crippen molar-refractivity contribution in [2.24, 2.45) is 5.84 Å². The molecule has 116 valence electrons. The van der Waals surface area contributed by atoms with Crippen LogP contribution in [0, 0.1) is 0 Å². The Labute approximate surface area is 129 Å². The van der Waals surface area contributed by atoms with Gasteiger partial charge in [0.1, 0.15) is 0 Å². The highest BCUT2D eigenvalue weighted by Crippen LogP contribution is 2.19. The minimum Gasteiger partial charge on any atom is -0.369 e. The predicted octanol–water partition coefficient (Wildman–Crippen LogP) is 0.139. The molecular weight excluding hydrogens is 292 g/mol. The average Bonchev–Trinajstić information content (AvgIpc) is 2.52. The number of hydrazine groups is 2. The Balaban J connectivity index is 1.66. The summed E-state index contributed by atoms with van der Waals surface area (Å²) in [5, 5.41) is 0.762. The van der Waals surface area contributed by atoms with Crippen molar-refractivity contribution < 1.29 is 4.79 Å². The van der Waals surface area contributed by atoms with E-state index in [1.54, 1.807) is 0 Å². The SMILES string of the molecule is NNC(=O)NNCCN1CCN(c2ccc(Cl)cc2)CC1. The monoisotopic (exact) mass is 312 g/mol. The second-order valence-electron chi connectivity index (χ2n) is 4.83. The van der Waals surface area contributed by atoms with E-state index in [-0.39, 0.29) is 0 Å². The first-order valence-corrected chi connectivity index (χ1v) is 7.29. The van der Waals surface area contributed by atoms with Gasteiger partial charge < -0.3 is 4.90 Å². The number of anilines is 1. The normalized spacial score (nSPS) is 15.8. The first kappa shape index (κ1) is 15.8. The van der Waals surface area contributed by atoms with E-state index in [9.17, 15) is 4.79 Å². The van der Waals surface area contributed by atoms with Crippen LogP contribution < -0.4 is 27.0 Å². The van der Waals surface area contributed by atoms with Gasteiger partial charge in [-0.2, -0.15) is 0 Å². The lowest BCUT2D eigenvalue weighted by atomic mass is 10.2. The van der Waals surface area contributed by atoms with Crippen molar-refractivity contribution in [1.29, 1.82) is 0 Å². The number of hydrogen-bond acceptors (Lipinski definition) is 5. The Morgan fingerprint density at radius 1 is 1.19 bits per heavy atom. The number of halogens is 1. The van der Waals surface area contributed by atoms with E-state index >= 15 is 0 Å². The number of rotatable bonds is 5. The van der Waals surface area contributed by atoms with Crippen LogP contribution in [0.15, 0.2) is 24.3 Å². The van der Waals surface area contributed by atoms with Gasteiger partial charge >= 0.3 is 6.03 Å². The Morgan fingerprint density at radius 3 is 2.48 bits per heavy atom. The number of nitrogens with two attached hydrogens (primary N) is 1. The summed E-state index contributed by atoms with van der Waals surface area (Å²) in [6, 6.07) is 7.49. The summed E-state index contributed by atoms with van der Waals surface area (Å²) in [7, 11) is 0. The molecular formula is C13H21ClN6O. The molecule has 0 saturated carbocycles. The largest absolute Gasteiger partial charge is 0.369 e. The van der Waals surface area contributed by atoms with Crippen molar-refractivity contribution in [3.05, 3.63) is 29.3 Å². The van der Waals surface area contributed by atoms with Gasteiger partial charge in [0.15, 0.2) is 0 Å². The summed E-state index contributed by atoms with van der Waals surface area (Å²) in [6.07, 6.45) is 0. The van der Waals surface area contributed by atoms with Crippen LogP contribution in [0.25, 0.3) is 0 Å². The molecule has 0 bridgehead atoms. The molecule has 0 unspecified atom stereocenters. The van der Waals surface area contributed by atoms with Crippen LogP contribution in [0.5, 0.6) is 0 Å². The molecule has 0 radical (unpaired) electrons. The quantitative estimate of drug-likeness (QED) is 0.269. The fourth-order valence-corrected chi connectivity index (χ4v) is 2.40. The number of amides is 2. The van der Waals surface area contributed by atoms with Crippen molar-refractivity contribution in [2.75, 3.05) is 44.2 Å². The molecule has 0 spiro atoms. The molecule has 0 aliphatic carbocycles. The van der Waals surface area contributed by atoms with Gasteiger partial charge in [-0.3, -0.25) is 15.8 Å². The first-order chi connectivity index (χ1) is 10.2. The van der Waals surface area contributed by atoms with E-state index in [1.807, 2.05) is 17.6 Å². The second kappa shape index (κ2) is 8.04. The summed E-state index contributed by atoms with van der Waals surface area (Å²) in [5.74, 6) is 4.95. The number of benzene rings is 1. The Bertz CT molecular complexity index is 446. The van der Waals surface area contributed by atoms with Crippen LogP contribution in [0.1, 0.15) is 0 Å². The molecule has 1 heterocycles. The van der Waals surface area contributed by atoms with E-state index in [0.29, 0.717) is 6.54 Å². The number of carbonyl (C=O) groups excluding carboxylic acids is 1. The fraction of sp³-hybridized carbons (Fsp3) is 0.462. The fourth-order valence-electron chi connectivity index (χ4n) is 2.27. The molecule has 1 aliphatic heterocycles. The summed E-state index contributed by atoms with van der Waals surface area (Å²) in [6.45, 7) is 5.51. The van der Waals surface area contributed by atoms with E-state index in [0.717, 1.165) is 37.7 Å². The highest BCUT2D eigenvalue weighted by molar-refractivity contribution is 6.30. The Kier molecular flexibility index (Phi) is 6.06. The number of urea groups is 1. The summed E-state index contributed by atoms with van der Waals surface area (Å²) in [5.41, 5.74) is 8.45. The van der Waals surface area contributed by atoms with Gasteiger partial charge in [0, 0.05) is 50.0 Å². The zero-order valence-electron chi connectivity index (χ0n) is 11.8. The van der Waals surface area contributed by atoms with E-state index in [4.69, 9.17) is 17.4 Å². The minimum absolute atomic E-state index is 0.442. The Hall–Kier alpha value is -1.54. The third-order valence-electron chi connectivity index (χ3n) is 3.45. The molecule has 2 rings (SSSR count). The third kappa shape index (κ3) is 5.05. The van der Waals surface area contributed by atoms with Gasteiger partial charge in [-0.15, -0.1) is 0 Å². The summed E-state index contributed by atoms with van der Waals surface area (Å²) < 4.78 is 0. The number of piperazine rings is 1. The van der Waals surface area contributed by atoms with Crippen molar-refractivity contribution >= 4 is 23.3 Å². The maximum atomic E-state index is 10.8. The van der Waals surface area contributed by atoms with Gasteiger partial charge in [0.05, 0.1) is 0 Å². The van der Waals surface area contributed by atoms with Crippen molar-refractivity contribution in [1.82, 2.24) is 21.2 Å². The molecule has 7 nitrogen and oxygen atoms in total. The van der Waals surface area contributed by atoms with Gasteiger partial charge in [0.25, 0.3) is 0 Å². The third-order valence-corrected chi connectivity index (χ3v) is 3.70. The number of carbonyl (C=O) groups is 1. The van der Waals surface area contributed by atoms with Gasteiger partial charge in [-0.25, -0.2) is 16.1 Å². The van der Waals surface area contributed by atoms with Crippen molar-refractivity contribution in [3.8, 4) is 0 Å². The topological polar surface area (TPSA) is 85.7 Å². The number of nitrogens with zero attached hydrogens (tertiary/aromatic N) is 2. The van der Waals surface area contributed by atoms with Crippen LogP contribution in [0.2, 0.25) is 5.02 Å². The number of nitrogens with one attached hydrogen (secondary N) is 3. The van der Waals surface area contributed by atoms with E-state index in [2.05, 4.69) is 32.8 Å². The van der Waals surface area contributed by atoms with Crippen molar-refractivity contribution in [2.45, 2.75) is 0 Å². The highest BCUT2D eigenvalue weighted by Gasteiger charge is 2.16. The molecule has 21 heavy (non-hydrogen) atoms. The summed E-state index contributed by atoms with van der Waals surface area (Å²) in [4.78, 5) is 15.5. The molecule has 5 N–H and O–H groups in total. The minimum atomic E-state index is -0.442. The van der Waals surface area contributed by atoms with Crippen LogP contribution in [0.4, 0.5) is 10.5 Å². The first-order valence-electron chi connectivity index (χ1n) is 6.91. The molecule has 8 heteroatoms. The van der Waals surface area contributed by atoms with E-state index < -0.39 is 6.03 Å². The van der Waals surface area contributed by atoms with Crippen LogP contribution >= 0.6 is 11.6 Å². The molecule has 1 aromatic rings. The van der Waals surface area contributed by atoms with E-state index in [1.165, 1.54) is 5.69 Å². The zero-order chi connectivity index (χ0) is 15.1. The predicted molar refractivity (Wildman–Crippen MR) is 84.0 cm³/mol. The molecule has 1 fully saturated rings. The standard InChI is InChI=1S/C13H21ClN6O/c14-11-1-3-12(4-2-11)20-9-7-19(8-10-20)6-5-16-18-13(21)17-15/h1-4,16H,5-10,15H2,(H2,17,18,21). The van der Waals surface area contributed by atoms with Gasteiger partial charge in [-0.1, -0.05) is 11.6 Å². The van der Waals surface area contributed by atoms with Crippen LogP contribution in [0.3, 0.4) is 0 Å². The molecule has 2 amide bonds. The zero-order valence-corrected chi connectivity index (χ0v) is 12.6. The Morgan fingerprint density at radius 2 is 1.86 bits per heavy atom. The lowest BCUT2D eigenvalue weighted by Gasteiger charge is -2.36. The highest BCUT2D eigenvalue weighted by atomic mass is 35.5. The van der Waals surface area contributed by atoms with Crippen molar-refractivity contribution in [3.63, 3.8) is 0 Å². The molecule has 1 aromatic carbocycles. The van der Waals surface area contributed by atoms with Crippen LogP contribution in [-0.2, 0) is 0 Å². The van der Waals surface area contributed by atoms with Gasteiger partial charge in [0.2, 0.25) is 0 Å². The molecule has 0 aromatic heterocycles. The average molecular weight is 313 g/mol. The van der Waals surface area contributed by atoms with Crippen LogP contribution in [-0.4, -0.2) is 50.2 Å². The lowest BCUT2D eigenvalue weighted by Crippen LogP contribution is -2.51. The summed E-state index contributed by atoms with van der Waals surface area (Å²) >= 11 is 5.90. The number of hydrogen-bond donors (Lipinski definition) is 4. The molecule has 1 saturated heterocycles. The molecule has 1 aliphatic rings.